The third-order valence-electron chi connectivity index (χ3n) is 4.43. The van der Waals surface area contributed by atoms with E-state index in [1.165, 1.54) is 6.42 Å². The van der Waals surface area contributed by atoms with Crippen LogP contribution in [0, 0.1) is 11.8 Å². The van der Waals surface area contributed by atoms with Gasteiger partial charge in [-0.25, -0.2) is 0 Å². The molecule has 0 bridgehead atoms. The number of nitrogens with zero attached hydrogens (tertiary/aromatic N) is 2. The fourth-order valence-corrected chi connectivity index (χ4v) is 4.18. The summed E-state index contributed by atoms with van der Waals surface area (Å²) in [5.74, 6) is 1.27. The summed E-state index contributed by atoms with van der Waals surface area (Å²) >= 11 is 3.32. The van der Waals surface area contributed by atoms with Gasteiger partial charge in [-0.3, -0.25) is 9.59 Å². The molecule has 1 saturated heterocycles. The van der Waals surface area contributed by atoms with Gasteiger partial charge in [0.25, 0.3) is 5.91 Å². The van der Waals surface area contributed by atoms with Crippen molar-refractivity contribution in [1.82, 2.24) is 14.8 Å². The maximum absolute atomic E-state index is 12.4. The Hall–Kier alpha value is -1.14. The second-order valence-corrected chi connectivity index (χ2v) is 7.83. The van der Waals surface area contributed by atoms with Crippen LogP contribution in [0.5, 0.6) is 0 Å². The van der Waals surface area contributed by atoms with Gasteiger partial charge in [0.15, 0.2) is 6.29 Å². The van der Waals surface area contributed by atoms with Crippen molar-refractivity contribution in [3.63, 3.8) is 0 Å². The lowest BCUT2D eigenvalue weighted by Crippen LogP contribution is -2.47. The highest BCUT2D eigenvalue weighted by molar-refractivity contribution is 9.10. The fraction of sp³-hybridized carbons (Fsp3) is 0.647. The van der Waals surface area contributed by atoms with Crippen molar-refractivity contribution in [2.24, 2.45) is 18.9 Å². The van der Waals surface area contributed by atoms with Crippen molar-refractivity contribution < 1.29 is 9.59 Å². The molecule has 1 aliphatic rings. The van der Waals surface area contributed by atoms with E-state index in [1.807, 2.05) is 6.92 Å². The van der Waals surface area contributed by atoms with Crippen LogP contribution in [0.25, 0.3) is 0 Å². The molecule has 23 heavy (non-hydrogen) atoms. The SMILES string of the molecule is C[C@@H]1C[C@H](C)CN(C[C@@H](C)NC(=O)c2cc(Br)c(C=O)n2C)C1. The van der Waals surface area contributed by atoms with Crippen molar-refractivity contribution in [3.8, 4) is 0 Å². The topological polar surface area (TPSA) is 54.3 Å². The van der Waals surface area contributed by atoms with Crippen LogP contribution in [0.4, 0.5) is 0 Å². The molecule has 0 radical (unpaired) electrons. The number of amides is 1. The minimum absolute atomic E-state index is 0.0633. The summed E-state index contributed by atoms with van der Waals surface area (Å²) in [7, 11) is 1.72. The molecule has 0 saturated carbocycles. The number of hydrogen-bond acceptors (Lipinski definition) is 3. The number of aldehydes is 1. The molecule has 5 nitrogen and oxygen atoms in total. The molecule has 1 aromatic rings. The van der Waals surface area contributed by atoms with Gasteiger partial charge < -0.3 is 14.8 Å². The lowest BCUT2D eigenvalue weighted by Gasteiger charge is -2.36. The second-order valence-electron chi connectivity index (χ2n) is 6.98. The Bertz CT molecular complexity index is 575. The Balaban J connectivity index is 1.96. The number of rotatable bonds is 5. The van der Waals surface area contributed by atoms with Gasteiger partial charge in [0.1, 0.15) is 5.69 Å². The second kappa shape index (κ2) is 7.62. The molecular weight excluding hydrogens is 358 g/mol. The minimum Gasteiger partial charge on any atom is -0.347 e. The number of nitrogens with one attached hydrogen (secondary N) is 1. The highest BCUT2D eigenvalue weighted by atomic mass is 79.9. The van der Waals surface area contributed by atoms with Crippen molar-refractivity contribution in [1.29, 1.82) is 0 Å². The predicted molar refractivity (Wildman–Crippen MR) is 94.8 cm³/mol. The standard InChI is InChI=1S/C17H26BrN3O2/c1-11-5-12(2)8-21(7-11)9-13(3)19-17(23)15-6-14(18)16(10-22)20(15)4/h6,10-13H,5,7-9H2,1-4H3,(H,19,23)/t11-,12+,13-/m1/s1. The first-order valence-electron chi connectivity index (χ1n) is 8.15. The van der Waals surface area contributed by atoms with E-state index in [1.54, 1.807) is 17.7 Å². The van der Waals surface area contributed by atoms with Crippen LogP contribution in [-0.4, -0.2) is 47.3 Å². The lowest BCUT2D eigenvalue weighted by molar-refractivity contribution is 0.0897. The zero-order chi connectivity index (χ0) is 17.1. The average molecular weight is 384 g/mol. The molecule has 6 heteroatoms. The molecule has 1 N–H and O–H groups in total. The molecule has 2 rings (SSSR count). The van der Waals surface area contributed by atoms with Crippen LogP contribution < -0.4 is 5.32 Å². The molecule has 128 valence electrons. The predicted octanol–water partition coefficient (Wildman–Crippen LogP) is 2.70. The smallest absolute Gasteiger partial charge is 0.268 e. The summed E-state index contributed by atoms with van der Waals surface area (Å²) in [6, 6.07) is 1.75. The molecule has 0 aliphatic carbocycles. The Labute approximate surface area is 146 Å². The van der Waals surface area contributed by atoms with E-state index in [9.17, 15) is 9.59 Å². The molecule has 0 unspecified atom stereocenters. The average Bonchev–Trinajstić information content (AvgIpc) is 2.72. The van der Waals surface area contributed by atoms with Crippen molar-refractivity contribution in [2.45, 2.75) is 33.2 Å². The van der Waals surface area contributed by atoms with Crippen LogP contribution in [0.3, 0.4) is 0 Å². The molecule has 0 spiro atoms. The van der Waals surface area contributed by atoms with Crippen molar-refractivity contribution in [3.05, 3.63) is 21.9 Å². The molecule has 1 aromatic heterocycles. The van der Waals surface area contributed by atoms with E-state index in [4.69, 9.17) is 0 Å². The summed E-state index contributed by atoms with van der Waals surface area (Å²) < 4.78 is 2.26. The molecule has 1 amide bonds. The number of hydrogen-bond donors (Lipinski definition) is 1. The maximum atomic E-state index is 12.4. The number of carbonyl (C=O) groups excluding carboxylic acids is 2. The largest absolute Gasteiger partial charge is 0.347 e. The zero-order valence-electron chi connectivity index (χ0n) is 14.3. The summed E-state index contributed by atoms with van der Waals surface area (Å²) in [4.78, 5) is 25.9. The molecule has 0 aromatic carbocycles. The molecule has 3 atom stereocenters. The van der Waals surface area contributed by atoms with Gasteiger partial charge in [-0.1, -0.05) is 13.8 Å². The van der Waals surface area contributed by atoms with E-state index in [0.717, 1.165) is 25.9 Å². The first-order chi connectivity index (χ1) is 10.8. The Morgan fingerprint density at radius 1 is 1.43 bits per heavy atom. The Morgan fingerprint density at radius 2 is 2.04 bits per heavy atom. The van der Waals surface area contributed by atoms with E-state index in [0.29, 0.717) is 27.7 Å². The van der Waals surface area contributed by atoms with Crippen molar-refractivity contribution >= 4 is 28.1 Å². The summed E-state index contributed by atoms with van der Waals surface area (Å²) in [5, 5.41) is 3.04. The van der Waals surface area contributed by atoms with E-state index >= 15 is 0 Å². The highest BCUT2D eigenvalue weighted by Gasteiger charge is 2.24. The maximum Gasteiger partial charge on any atom is 0.268 e. The van der Waals surface area contributed by atoms with E-state index in [2.05, 4.69) is 40.0 Å². The molecule has 1 fully saturated rings. The monoisotopic (exact) mass is 383 g/mol. The number of halogens is 1. The zero-order valence-corrected chi connectivity index (χ0v) is 15.9. The van der Waals surface area contributed by atoms with Gasteiger partial charge in [-0.05, 0) is 47.2 Å². The van der Waals surface area contributed by atoms with Gasteiger partial charge in [0.05, 0.1) is 5.69 Å². The third kappa shape index (κ3) is 4.44. The van der Waals surface area contributed by atoms with Crippen LogP contribution in [-0.2, 0) is 7.05 Å². The fourth-order valence-electron chi connectivity index (χ4n) is 3.61. The Kier molecular flexibility index (Phi) is 6.03. The Morgan fingerprint density at radius 3 is 2.57 bits per heavy atom. The quantitative estimate of drug-likeness (QED) is 0.795. The number of piperidine rings is 1. The van der Waals surface area contributed by atoms with Crippen molar-refractivity contribution in [2.75, 3.05) is 19.6 Å². The van der Waals surface area contributed by atoms with Crippen LogP contribution in [0.2, 0.25) is 0 Å². The van der Waals surface area contributed by atoms with Gasteiger partial charge >= 0.3 is 0 Å². The van der Waals surface area contributed by atoms with Gasteiger partial charge in [-0.15, -0.1) is 0 Å². The molecular formula is C17H26BrN3O2. The third-order valence-corrected chi connectivity index (χ3v) is 5.06. The molecule has 1 aliphatic heterocycles. The van der Waals surface area contributed by atoms with Gasteiger partial charge in [0.2, 0.25) is 0 Å². The van der Waals surface area contributed by atoms with Gasteiger partial charge in [-0.2, -0.15) is 0 Å². The normalized spacial score (nSPS) is 23.5. The van der Waals surface area contributed by atoms with Crippen LogP contribution in [0.15, 0.2) is 10.5 Å². The highest BCUT2D eigenvalue weighted by Crippen LogP contribution is 2.21. The number of carbonyl (C=O) groups is 2. The summed E-state index contributed by atoms with van der Waals surface area (Å²) in [6.07, 6.45) is 2.03. The summed E-state index contributed by atoms with van der Waals surface area (Å²) in [6.45, 7) is 9.64. The minimum atomic E-state index is -0.146. The lowest BCUT2D eigenvalue weighted by atomic mass is 9.92. The first-order valence-corrected chi connectivity index (χ1v) is 8.94. The summed E-state index contributed by atoms with van der Waals surface area (Å²) in [5.41, 5.74) is 0.965. The van der Waals surface area contributed by atoms with Gasteiger partial charge in [0, 0.05) is 37.2 Å². The van der Waals surface area contributed by atoms with E-state index in [-0.39, 0.29) is 11.9 Å². The molecule has 2 heterocycles. The van der Waals surface area contributed by atoms with Crippen LogP contribution >= 0.6 is 15.9 Å². The number of aromatic nitrogens is 1. The van der Waals surface area contributed by atoms with E-state index < -0.39 is 0 Å². The van der Waals surface area contributed by atoms with Crippen LogP contribution in [0.1, 0.15) is 48.2 Å². The number of likely N-dealkylation sites (tertiary alicyclic amines) is 1. The first kappa shape index (κ1) is 18.2.